The average molecular weight is 686 g/mol. The summed E-state index contributed by atoms with van der Waals surface area (Å²) >= 11 is 3.41. The molecule has 2 fully saturated rings. The molecule has 5 rings (SSSR count). The number of benzene rings is 2. The molecule has 1 N–H and O–H groups in total. The van der Waals surface area contributed by atoms with E-state index in [4.69, 9.17) is 4.74 Å². The van der Waals surface area contributed by atoms with Crippen molar-refractivity contribution >= 4 is 39.5 Å². The molecule has 0 aromatic heterocycles. The van der Waals surface area contributed by atoms with E-state index in [-0.39, 0.29) is 30.9 Å². The highest BCUT2D eigenvalue weighted by molar-refractivity contribution is 9.10. The van der Waals surface area contributed by atoms with E-state index in [1.807, 2.05) is 26.0 Å². The van der Waals surface area contributed by atoms with Crippen LogP contribution in [0.4, 0.5) is 32.0 Å². The van der Waals surface area contributed by atoms with Crippen molar-refractivity contribution in [3.63, 3.8) is 0 Å². The molecule has 2 aliphatic heterocycles. The van der Waals surface area contributed by atoms with Crippen LogP contribution in [0.1, 0.15) is 62.6 Å². The molecule has 0 unspecified atom stereocenters. The fraction of sp³-hybridized carbons (Fsp3) is 0.438. The van der Waals surface area contributed by atoms with Gasteiger partial charge in [-0.05, 0) is 74.1 Å². The number of hydrogen-bond acceptors (Lipinski definition) is 4. The molecule has 0 radical (unpaired) electrons. The second-order valence-corrected chi connectivity index (χ2v) is 12.3. The van der Waals surface area contributed by atoms with Crippen LogP contribution in [0.3, 0.4) is 0 Å². The number of ether oxygens (including phenoxy) is 1. The summed E-state index contributed by atoms with van der Waals surface area (Å²) in [5, 5.41) is 10.3. The van der Waals surface area contributed by atoms with Gasteiger partial charge in [0, 0.05) is 16.0 Å². The van der Waals surface area contributed by atoms with Crippen LogP contribution in [0.25, 0.3) is 6.08 Å². The first-order chi connectivity index (χ1) is 20.6. The van der Waals surface area contributed by atoms with Crippen molar-refractivity contribution in [2.24, 2.45) is 17.8 Å². The lowest BCUT2D eigenvalue weighted by Gasteiger charge is -2.31. The first-order valence-electron chi connectivity index (χ1n) is 14.3. The SMILES string of the molecule is CCC1=C2[C@@H](CC/C(=C/c3cc(Br)ccc3O)CC)OC[C@@H]2[C@@H]2C(=O)N(c3cc(C(F)(F)F)cc(C(F)(F)F)c3)C(=O)[C@@H]2C1. The maximum absolute atomic E-state index is 13.7. The standard InChI is InChI=1S/C32H30BrF6NO4/c1-3-16(9-18-10-21(33)6-7-25(18)41)5-8-26-27-17(4-2)11-23-28(24(27)15-44-26)30(43)40(29(23)42)22-13-19(31(34,35)36)12-20(14-22)32(37,38)39/h6-7,9-10,12-14,23-24,26,28,41H,3-5,8,11,15H2,1-2H3/b16-9+/t23-,24+,26-,28-/m1/s1. The van der Waals surface area contributed by atoms with Crippen LogP contribution in [0.15, 0.2) is 57.6 Å². The Hall–Kier alpha value is -3.12. The molecule has 2 amide bonds. The molecule has 2 aromatic carbocycles. The number of alkyl halides is 6. The number of nitrogens with zero attached hydrogens (tertiary/aromatic N) is 1. The topological polar surface area (TPSA) is 66.8 Å². The Bertz CT molecular complexity index is 1510. The van der Waals surface area contributed by atoms with Gasteiger partial charge in [0.2, 0.25) is 11.8 Å². The van der Waals surface area contributed by atoms with Gasteiger partial charge in [0.05, 0.1) is 41.4 Å². The van der Waals surface area contributed by atoms with Crippen LogP contribution < -0.4 is 4.90 Å². The van der Waals surface area contributed by atoms with Gasteiger partial charge >= 0.3 is 12.4 Å². The van der Waals surface area contributed by atoms with Gasteiger partial charge < -0.3 is 9.84 Å². The van der Waals surface area contributed by atoms with Gasteiger partial charge in [0.1, 0.15) is 5.75 Å². The van der Waals surface area contributed by atoms with E-state index < -0.39 is 58.7 Å². The third-order valence-electron chi connectivity index (χ3n) is 8.80. The van der Waals surface area contributed by atoms with Crippen LogP contribution in [0, 0.1) is 17.8 Å². The fourth-order valence-electron chi connectivity index (χ4n) is 6.66. The predicted octanol–water partition coefficient (Wildman–Crippen LogP) is 8.70. The summed E-state index contributed by atoms with van der Waals surface area (Å²) in [5.74, 6) is -3.82. The van der Waals surface area contributed by atoms with E-state index in [1.54, 1.807) is 12.1 Å². The second-order valence-electron chi connectivity index (χ2n) is 11.4. The molecule has 0 spiro atoms. The smallest absolute Gasteiger partial charge is 0.416 e. The minimum Gasteiger partial charge on any atom is -0.507 e. The molecule has 1 aliphatic carbocycles. The van der Waals surface area contributed by atoms with Gasteiger partial charge in [0.15, 0.2) is 0 Å². The molecular formula is C32H30BrF6NO4. The molecule has 4 atom stereocenters. The lowest BCUT2D eigenvalue weighted by Crippen LogP contribution is -2.34. The molecular weight excluding hydrogens is 656 g/mol. The normalized spacial score (nSPS) is 24.3. The number of hydrogen-bond donors (Lipinski definition) is 1. The van der Waals surface area contributed by atoms with Gasteiger partial charge in [-0.3, -0.25) is 9.59 Å². The van der Waals surface area contributed by atoms with Gasteiger partial charge in [-0.15, -0.1) is 0 Å². The molecule has 2 heterocycles. The van der Waals surface area contributed by atoms with E-state index in [1.165, 1.54) is 0 Å². The zero-order valence-electron chi connectivity index (χ0n) is 23.9. The Morgan fingerprint density at radius 3 is 2.25 bits per heavy atom. The minimum absolute atomic E-state index is 0.0250. The first-order valence-corrected chi connectivity index (χ1v) is 15.1. The van der Waals surface area contributed by atoms with Crippen molar-refractivity contribution in [2.45, 2.75) is 64.4 Å². The number of fused-ring (bicyclic) bond motifs is 3. The number of phenols is 1. The lowest BCUT2D eigenvalue weighted by atomic mass is 9.69. The number of phenolic OH excluding ortho intramolecular Hbond substituents is 1. The molecule has 5 nitrogen and oxygen atoms in total. The third kappa shape index (κ3) is 6.07. The highest BCUT2D eigenvalue weighted by atomic mass is 79.9. The van der Waals surface area contributed by atoms with Gasteiger partial charge in [0.25, 0.3) is 0 Å². The predicted molar refractivity (Wildman–Crippen MR) is 154 cm³/mol. The van der Waals surface area contributed by atoms with Crippen LogP contribution in [-0.4, -0.2) is 29.6 Å². The number of allylic oxidation sites excluding steroid dienone is 2. The maximum Gasteiger partial charge on any atom is 0.416 e. The number of imide groups is 1. The quantitative estimate of drug-likeness (QED) is 0.180. The second kappa shape index (κ2) is 12.0. The number of rotatable bonds is 7. The van der Waals surface area contributed by atoms with E-state index in [9.17, 15) is 41.0 Å². The molecule has 12 heteroatoms. The number of amides is 2. The molecule has 2 aromatic rings. The minimum atomic E-state index is -5.12. The van der Waals surface area contributed by atoms with E-state index in [2.05, 4.69) is 15.9 Å². The van der Waals surface area contributed by atoms with Crippen LogP contribution in [0.5, 0.6) is 5.75 Å². The third-order valence-corrected chi connectivity index (χ3v) is 9.29. The molecule has 236 valence electrons. The van der Waals surface area contributed by atoms with Crippen molar-refractivity contribution in [2.75, 3.05) is 11.5 Å². The van der Waals surface area contributed by atoms with E-state index >= 15 is 0 Å². The van der Waals surface area contributed by atoms with E-state index in [0.717, 1.165) is 21.2 Å². The maximum atomic E-state index is 13.7. The van der Waals surface area contributed by atoms with Crippen LogP contribution >= 0.6 is 15.9 Å². The Labute approximate surface area is 258 Å². The van der Waals surface area contributed by atoms with Crippen molar-refractivity contribution in [3.05, 3.63) is 74.3 Å². The van der Waals surface area contributed by atoms with Crippen LogP contribution in [-0.2, 0) is 26.7 Å². The highest BCUT2D eigenvalue weighted by Crippen LogP contribution is 2.52. The summed E-state index contributed by atoms with van der Waals surface area (Å²) in [6.45, 7) is 4.02. The van der Waals surface area contributed by atoms with Gasteiger partial charge in [-0.25, -0.2) is 4.90 Å². The Morgan fingerprint density at radius 1 is 1.00 bits per heavy atom. The number of anilines is 1. The van der Waals surface area contributed by atoms with Crippen LogP contribution in [0.2, 0.25) is 0 Å². The summed E-state index contributed by atoms with van der Waals surface area (Å²) in [7, 11) is 0. The Morgan fingerprint density at radius 2 is 1.66 bits per heavy atom. The summed E-state index contributed by atoms with van der Waals surface area (Å²) in [5.41, 5.74) is -0.377. The van der Waals surface area contributed by atoms with E-state index in [0.29, 0.717) is 48.3 Å². The molecule has 3 aliphatic rings. The van der Waals surface area contributed by atoms with Gasteiger partial charge in [-0.2, -0.15) is 26.3 Å². The Balaban J connectivity index is 1.42. The average Bonchev–Trinajstić information content (AvgIpc) is 3.49. The Kier molecular flexibility index (Phi) is 8.80. The van der Waals surface area contributed by atoms with Gasteiger partial charge in [-0.1, -0.05) is 47.0 Å². The summed E-state index contributed by atoms with van der Waals surface area (Å²) in [6, 6.07) is 5.96. The molecule has 2 saturated heterocycles. The number of carbonyl (C=O) groups excluding carboxylic acids is 2. The molecule has 0 bridgehead atoms. The fourth-order valence-corrected chi connectivity index (χ4v) is 7.04. The summed E-state index contributed by atoms with van der Waals surface area (Å²) < 4.78 is 88.3. The molecule has 44 heavy (non-hydrogen) atoms. The first kappa shape index (κ1) is 32.3. The summed E-state index contributed by atoms with van der Waals surface area (Å²) in [4.78, 5) is 27.8. The monoisotopic (exact) mass is 685 g/mol. The zero-order valence-corrected chi connectivity index (χ0v) is 25.4. The lowest BCUT2D eigenvalue weighted by molar-refractivity contribution is -0.143. The number of carbonyl (C=O) groups is 2. The molecule has 0 saturated carbocycles. The van der Waals surface area contributed by atoms with Crippen molar-refractivity contribution in [1.29, 1.82) is 0 Å². The zero-order chi connectivity index (χ0) is 32.1. The largest absolute Gasteiger partial charge is 0.507 e. The van der Waals surface area contributed by atoms with Crippen molar-refractivity contribution in [3.8, 4) is 5.75 Å². The van der Waals surface area contributed by atoms with Crippen molar-refractivity contribution < 1.29 is 45.8 Å². The summed E-state index contributed by atoms with van der Waals surface area (Å²) in [6.07, 6.45) is -6.04. The highest BCUT2D eigenvalue weighted by Gasteiger charge is 2.57. The number of aromatic hydroxyl groups is 1. The van der Waals surface area contributed by atoms with Crippen molar-refractivity contribution in [1.82, 2.24) is 0 Å². The number of halogens is 7.